The number of aromatic nitrogens is 3. The highest BCUT2D eigenvalue weighted by Gasteiger charge is 2.22. The summed E-state index contributed by atoms with van der Waals surface area (Å²) >= 11 is 0. The molecule has 0 unspecified atom stereocenters. The van der Waals surface area contributed by atoms with E-state index in [0.717, 1.165) is 40.1 Å². The van der Waals surface area contributed by atoms with E-state index in [1.165, 1.54) is 5.56 Å². The van der Waals surface area contributed by atoms with Gasteiger partial charge >= 0.3 is 0 Å². The molecule has 6 heteroatoms. The molecule has 3 aromatic heterocycles. The Morgan fingerprint density at radius 3 is 2.33 bits per heavy atom. The molecule has 0 bridgehead atoms. The molecule has 0 atom stereocenters. The van der Waals surface area contributed by atoms with E-state index in [2.05, 4.69) is 49.1 Å². The van der Waals surface area contributed by atoms with E-state index in [0.29, 0.717) is 34.1 Å². The van der Waals surface area contributed by atoms with Crippen molar-refractivity contribution in [3.8, 4) is 28.4 Å². The van der Waals surface area contributed by atoms with Crippen LogP contribution in [0.2, 0.25) is 0 Å². The van der Waals surface area contributed by atoms with Gasteiger partial charge < -0.3 is 9.52 Å². The van der Waals surface area contributed by atoms with Crippen LogP contribution >= 0.6 is 0 Å². The predicted molar refractivity (Wildman–Crippen MR) is 173 cm³/mol. The Bertz CT molecular complexity index is 2010. The Morgan fingerprint density at radius 1 is 0.767 bits per heavy atom. The summed E-state index contributed by atoms with van der Waals surface area (Å²) in [5.74, 6) is 1.95. The van der Waals surface area contributed by atoms with Crippen molar-refractivity contribution in [1.29, 1.82) is 0 Å². The number of rotatable bonds is 7. The van der Waals surface area contributed by atoms with Crippen molar-refractivity contribution in [3.63, 3.8) is 0 Å². The summed E-state index contributed by atoms with van der Waals surface area (Å²) in [5, 5.41) is 11.8. The highest BCUT2D eigenvalue weighted by Crippen LogP contribution is 2.40. The molecule has 210 valence electrons. The van der Waals surface area contributed by atoms with Crippen LogP contribution < -0.4 is 4.90 Å². The van der Waals surface area contributed by atoms with E-state index in [9.17, 15) is 5.11 Å². The zero-order valence-corrected chi connectivity index (χ0v) is 24.0. The summed E-state index contributed by atoms with van der Waals surface area (Å²) in [6.45, 7) is 4.44. The molecule has 0 amide bonds. The van der Waals surface area contributed by atoms with Crippen LogP contribution in [-0.4, -0.2) is 20.1 Å². The lowest BCUT2D eigenvalue weighted by atomic mass is 9.99. The Hall–Kier alpha value is -5.49. The van der Waals surface area contributed by atoms with Crippen LogP contribution in [0.25, 0.3) is 44.7 Å². The van der Waals surface area contributed by atoms with Crippen molar-refractivity contribution in [2.75, 3.05) is 4.90 Å². The summed E-state index contributed by atoms with van der Waals surface area (Å²) in [6.07, 6.45) is 2.69. The number of fused-ring (bicyclic) bond motifs is 3. The van der Waals surface area contributed by atoms with Gasteiger partial charge in [0, 0.05) is 34.1 Å². The van der Waals surface area contributed by atoms with Crippen LogP contribution in [0.1, 0.15) is 19.4 Å². The zero-order chi connectivity index (χ0) is 29.3. The maximum atomic E-state index is 10.9. The molecular weight excluding hydrogens is 532 g/mol. The van der Waals surface area contributed by atoms with E-state index < -0.39 is 0 Å². The van der Waals surface area contributed by atoms with Gasteiger partial charge in [0.2, 0.25) is 0 Å². The molecule has 0 fully saturated rings. The first-order valence-corrected chi connectivity index (χ1v) is 14.4. The van der Waals surface area contributed by atoms with Crippen LogP contribution in [0.15, 0.2) is 126 Å². The first-order valence-electron chi connectivity index (χ1n) is 14.4. The number of anilines is 3. The summed E-state index contributed by atoms with van der Waals surface area (Å²) in [6, 6.07) is 37.7. The van der Waals surface area contributed by atoms with Crippen molar-refractivity contribution in [2.45, 2.75) is 20.3 Å². The van der Waals surface area contributed by atoms with E-state index >= 15 is 0 Å². The SMILES string of the molecule is CC(C)Cc1cc(-c2nc(-c3ccccc3O)c3oc4ccccc4c3n2)cc(N(c2ccccc2)c2ccccn2)c1. The molecule has 7 rings (SSSR count). The standard InChI is InChI=1S/C37H30N4O2/c1-24(2)20-25-21-26(23-28(22-25)41(27-12-4-3-5-13-27)33-18-10-11-19-38-33)37-39-34(29-14-6-8-16-31(29)42)36-35(40-37)30-15-7-9-17-32(30)43-36/h3-19,21-24,42H,20H2,1-2H3. The lowest BCUT2D eigenvalue weighted by molar-refractivity contribution is 0.477. The minimum atomic E-state index is 0.133. The van der Waals surface area contributed by atoms with Crippen LogP contribution in [0.5, 0.6) is 5.75 Å². The largest absolute Gasteiger partial charge is 0.507 e. The molecule has 6 nitrogen and oxygen atoms in total. The molecule has 0 aliphatic carbocycles. The van der Waals surface area contributed by atoms with E-state index in [-0.39, 0.29) is 5.75 Å². The minimum Gasteiger partial charge on any atom is -0.507 e. The van der Waals surface area contributed by atoms with Gasteiger partial charge in [-0.05, 0) is 84.6 Å². The number of nitrogens with zero attached hydrogens (tertiary/aromatic N) is 4. The van der Waals surface area contributed by atoms with Crippen molar-refractivity contribution in [3.05, 3.63) is 127 Å². The normalized spacial score (nSPS) is 11.4. The molecule has 7 aromatic rings. The fourth-order valence-corrected chi connectivity index (χ4v) is 5.57. The number of hydrogen-bond donors (Lipinski definition) is 1. The second-order valence-electron chi connectivity index (χ2n) is 11.0. The molecule has 0 saturated heterocycles. The number of furan rings is 1. The third-order valence-electron chi connectivity index (χ3n) is 7.41. The first-order chi connectivity index (χ1) is 21.0. The van der Waals surface area contributed by atoms with Gasteiger partial charge in [0.1, 0.15) is 28.4 Å². The third-order valence-corrected chi connectivity index (χ3v) is 7.41. The third kappa shape index (κ3) is 5.08. The Labute approximate surface area is 249 Å². The second-order valence-corrected chi connectivity index (χ2v) is 11.0. The molecule has 3 heterocycles. The van der Waals surface area contributed by atoms with E-state index in [1.807, 2.05) is 79.0 Å². The van der Waals surface area contributed by atoms with E-state index in [1.54, 1.807) is 12.1 Å². The quantitative estimate of drug-likeness (QED) is 0.209. The Morgan fingerprint density at radius 2 is 1.53 bits per heavy atom. The fourth-order valence-electron chi connectivity index (χ4n) is 5.57. The van der Waals surface area contributed by atoms with Crippen molar-refractivity contribution >= 4 is 39.3 Å². The zero-order valence-electron chi connectivity index (χ0n) is 24.0. The minimum absolute atomic E-state index is 0.133. The summed E-state index contributed by atoms with van der Waals surface area (Å²) in [7, 11) is 0. The van der Waals surface area contributed by atoms with Crippen LogP contribution in [0.4, 0.5) is 17.2 Å². The molecule has 0 aliphatic rings. The van der Waals surface area contributed by atoms with Gasteiger partial charge in [0.25, 0.3) is 0 Å². The Balaban J connectivity index is 1.50. The molecule has 4 aromatic carbocycles. The van der Waals surface area contributed by atoms with Crippen molar-refractivity contribution < 1.29 is 9.52 Å². The van der Waals surface area contributed by atoms with Crippen molar-refractivity contribution in [1.82, 2.24) is 15.0 Å². The molecule has 0 radical (unpaired) electrons. The lowest BCUT2D eigenvalue weighted by Crippen LogP contribution is -2.12. The number of benzene rings is 4. The number of para-hydroxylation sites is 3. The fraction of sp³-hybridized carbons (Fsp3) is 0.108. The smallest absolute Gasteiger partial charge is 0.180 e. The topological polar surface area (TPSA) is 75.3 Å². The molecule has 43 heavy (non-hydrogen) atoms. The van der Waals surface area contributed by atoms with Gasteiger partial charge in [0.05, 0.1) is 0 Å². The number of phenols is 1. The van der Waals surface area contributed by atoms with Gasteiger partial charge in [-0.15, -0.1) is 0 Å². The number of aromatic hydroxyl groups is 1. The monoisotopic (exact) mass is 562 g/mol. The van der Waals surface area contributed by atoms with Gasteiger partial charge in [-0.2, -0.15) is 0 Å². The lowest BCUT2D eigenvalue weighted by Gasteiger charge is -2.25. The number of phenolic OH excluding ortho intramolecular Hbond substituents is 1. The number of pyridine rings is 1. The summed E-state index contributed by atoms with van der Waals surface area (Å²) in [4.78, 5) is 17.0. The van der Waals surface area contributed by atoms with Crippen LogP contribution in [-0.2, 0) is 6.42 Å². The predicted octanol–water partition coefficient (Wildman–Crippen LogP) is 9.48. The van der Waals surface area contributed by atoms with Gasteiger partial charge in [-0.1, -0.05) is 62.4 Å². The second kappa shape index (κ2) is 11.1. The molecule has 0 saturated carbocycles. The van der Waals surface area contributed by atoms with Gasteiger partial charge in [-0.3, -0.25) is 4.90 Å². The summed E-state index contributed by atoms with van der Waals surface area (Å²) < 4.78 is 6.29. The molecular formula is C37H30N4O2. The average Bonchev–Trinajstić information content (AvgIpc) is 3.41. The van der Waals surface area contributed by atoms with E-state index in [4.69, 9.17) is 19.4 Å². The van der Waals surface area contributed by atoms with Crippen LogP contribution in [0, 0.1) is 5.92 Å². The highest BCUT2D eigenvalue weighted by molar-refractivity contribution is 6.07. The first kappa shape index (κ1) is 26.4. The molecule has 0 aliphatic heterocycles. The number of hydrogen-bond acceptors (Lipinski definition) is 6. The Kier molecular flexibility index (Phi) is 6.79. The van der Waals surface area contributed by atoms with Gasteiger partial charge in [-0.25, -0.2) is 15.0 Å². The highest BCUT2D eigenvalue weighted by atomic mass is 16.3. The molecule has 0 spiro atoms. The average molecular weight is 563 g/mol. The maximum Gasteiger partial charge on any atom is 0.180 e. The maximum absolute atomic E-state index is 10.9. The summed E-state index contributed by atoms with van der Waals surface area (Å²) in [5.41, 5.74) is 7.12. The van der Waals surface area contributed by atoms with Crippen LogP contribution in [0.3, 0.4) is 0 Å². The molecule has 1 N–H and O–H groups in total. The van der Waals surface area contributed by atoms with Gasteiger partial charge in [0.15, 0.2) is 11.4 Å². The van der Waals surface area contributed by atoms with Crippen molar-refractivity contribution in [2.24, 2.45) is 5.92 Å².